The molecule has 1 amide bonds. The second-order valence-corrected chi connectivity index (χ2v) is 7.65. The van der Waals surface area contributed by atoms with Crippen molar-refractivity contribution in [3.05, 3.63) is 29.8 Å². The number of nitrogens with zero attached hydrogens (tertiary/aromatic N) is 1. The third-order valence-electron chi connectivity index (χ3n) is 6.21. The van der Waals surface area contributed by atoms with Gasteiger partial charge in [0.05, 0.1) is 5.92 Å². The molecule has 0 aromatic heterocycles. The summed E-state index contributed by atoms with van der Waals surface area (Å²) in [6, 6.07) is 3.34. The third-order valence-corrected chi connectivity index (χ3v) is 6.21. The summed E-state index contributed by atoms with van der Waals surface area (Å²) in [5.41, 5.74) is 6.29. The molecular formula is C19H25ClF2N2O2. The number of hydrogen-bond acceptors (Lipinski definition) is 3. The zero-order chi connectivity index (χ0) is 17.6. The molecule has 144 valence electrons. The van der Waals surface area contributed by atoms with E-state index in [-0.39, 0.29) is 42.1 Å². The molecule has 1 aromatic rings. The number of likely N-dealkylation sites (tertiary alicyclic amines) is 1. The summed E-state index contributed by atoms with van der Waals surface area (Å²) in [7, 11) is 0. The van der Waals surface area contributed by atoms with Gasteiger partial charge >= 0.3 is 0 Å². The Morgan fingerprint density at radius 1 is 1.12 bits per heavy atom. The summed E-state index contributed by atoms with van der Waals surface area (Å²) < 4.78 is 32.3. The first-order valence-corrected chi connectivity index (χ1v) is 9.19. The van der Waals surface area contributed by atoms with Crippen molar-refractivity contribution in [2.45, 2.75) is 44.2 Å². The lowest BCUT2D eigenvalue weighted by atomic mass is 9.83. The number of carbonyl (C=O) groups excluding carboxylic acids is 1. The van der Waals surface area contributed by atoms with Crippen molar-refractivity contribution in [2.24, 2.45) is 23.5 Å². The molecule has 2 N–H and O–H groups in total. The van der Waals surface area contributed by atoms with Crippen molar-refractivity contribution in [3.8, 4) is 5.75 Å². The molecule has 4 atom stereocenters. The van der Waals surface area contributed by atoms with E-state index in [1.807, 2.05) is 4.90 Å². The molecule has 26 heavy (non-hydrogen) atoms. The lowest BCUT2D eigenvalue weighted by Gasteiger charge is -2.37. The van der Waals surface area contributed by atoms with Gasteiger partial charge in [-0.2, -0.15) is 0 Å². The number of amides is 1. The van der Waals surface area contributed by atoms with E-state index >= 15 is 0 Å². The fourth-order valence-electron chi connectivity index (χ4n) is 4.86. The van der Waals surface area contributed by atoms with E-state index in [0.29, 0.717) is 37.8 Å². The van der Waals surface area contributed by atoms with Crippen molar-refractivity contribution in [1.29, 1.82) is 0 Å². The standard InChI is InChI=1S/C19H24F2N2O2.ClH/c20-13-3-4-16(15(21)10-13)25-14-5-7-23(8-6-14)19(24)17-11-1-2-12(9-11)18(17)22;/h3-4,10-12,14,17-18H,1-2,5-9,22H2;1H. The maximum Gasteiger partial charge on any atom is 0.227 e. The molecule has 0 radical (unpaired) electrons. The molecule has 3 aliphatic rings. The van der Waals surface area contributed by atoms with E-state index < -0.39 is 11.6 Å². The molecule has 1 heterocycles. The predicted octanol–water partition coefficient (Wildman–Crippen LogP) is 3.13. The highest BCUT2D eigenvalue weighted by Gasteiger charge is 2.50. The summed E-state index contributed by atoms with van der Waals surface area (Å²) in [6.45, 7) is 1.21. The van der Waals surface area contributed by atoms with E-state index in [0.717, 1.165) is 25.3 Å². The quantitative estimate of drug-likeness (QED) is 0.868. The van der Waals surface area contributed by atoms with Crippen LogP contribution in [0.4, 0.5) is 8.78 Å². The van der Waals surface area contributed by atoms with Gasteiger partial charge in [0.15, 0.2) is 11.6 Å². The first kappa shape index (κ1) is 19.4. The first-order chi connectivity index (χ1) is 12.0. The van der Waals surface area contributed by atoms with E-state index in [2.05, 4.69) is 0 Å². The summed E-state index contributed by atoms with van der Waals surface area (Å²) >= 11 is 0. The maximum absolute atomic E-state index is 13.7. The summed E-state index contributed by atoms with van der Waals surface area (Å²) in [6.07, 6.45) is 4.53. The van der Waals surface area contributed by atoms with Gasteiger partial charge in [-0.05, 0) is 43.2 Å². The third kappa shape index (κ3) is 3.54. The fraction of sp³-hybridized carbons (Fsp3) is 0.632. The van der Waals surface area contributed by atoms with Gasteiger partial charge < -0.3 is 15.4 Å². The number of ether oxygens (including phenoxy) is 1. The molecule has 2 bridgehead atoms. The first-order valence-electron chi connectivity index (χ1n) is 9.19. The minimum atomic E-state index is -0.688. The number of piperidine rings is 1. The Kier molecular flexibility index (Phi) is 5.72. The Bertz CT molecular complexity index is 665. The van der Waals surface area contributed by atoms with Crippen LogP contribution in [0.5, 0.6) is 5.75 Å². The Balaban J connectivity index is 0.00000196. The van der Waals surface area contributed by atoms with Crippen molar-refractivity contribution in [2.75, 3.05) is 13.1 Å². The zero-order valence-corrected chi connectivity index (χ0v) is 15.4. The molecule has 1 aromatic carbocycles. The molecule has 4 rings (SSSR count). The summed E-state index contributed by atoms with van der Waals surface area (Å²) in [5.74, 6) is -0.104. The molecule has 2 aliphatic carbocycles. The summed E-state index contributed by atoms with van der Waals surface area (Å²) in [4.78, 5) is 14.8. The number of rotatable bonds is 3. The lowest BCUT2D eigenvalue weighted by molar-refractivity contribution is -0.139. The highest BCUT2D eigenvalue weighted by Crippen LogP contribution is 2.48. The highest BCUT2D eigenvalue weighted by atomic mass is 35.5. The van der Waals surface area contributed by atoms with Crippen LogP contribution in [0.15, 0.2) is 18.2 Å². The smallest absolute Gasteiger partial charge is 0.227 e. The Hall–Kier alpha value is -1.40. The summed E-state index contributed by atoms with van der Waals surface area (Å²) in [5, 5.41) is 0. The minimum Gasteiger partial charge on any atom is -0.487 e. The van der Waals surface area contributed by atoms with Crippen LogP contribution in [0.3, 0.4) is 0 Å². The number of benzene rings is 1. The van der Waals surface area contributed by atoms with Gasteiger partial charge in [0.25, 0.3) is 0 Å². The van der Waals surface area contributed by atoms with Crippen molar-refractivity contribution >= 4 is 18.3 Å². The number of carbonyl (C=O) groups is 1. The van der Waals surface area contributed by atoms with Crippen LogP contribution >= 0.6 is 12.4 Å². The molecule has 2 saturated carbocycles. The van der Waals surface area contributed by atoms with Gasteiger partial charge in [-0.25, -0.2) is 8.78 Å². The topological polar surface area (TPSA) is 55.6 Å². The largest absolute Gasteiger partial charge is 0.487 e. The van der Waals surface area contributed by atoms with Gasteiger partial charge in [-0.15, -0.1) is 12.4 Å². The van der Waals surface area contributed by atoms with E-state index in [1.165, 1.54) is 12.1 Å². The molecule has 7 heteroatoms. The van der Waals surface area contributed by atoms with Crippen molar-refractivity contribution in [3.63, 3.8) is 0 Å². The average molecular weight is 387 g/mol. The number of hydrogen-bond donors (Lipinski definition) is 1. The molecule has 4 unspecified atom stereocenters. The van der Waals surface area contributed by atoms with Crippen molar-refractivity contribution < 1.29 is 18.3 Å². The van der Waals surface area contributed by atoms with E-state index in [4.69, 9.17) is 10.5 Å². The minimum absolute atomic E-state index is 0. The Morgan fingerprint density at radius 2 is 1.81 bits per heavy atom. The van der Waals surface area contributed by atoms with Gasteiger partial charge in [0.1, 0.15) is 11.9 Å². The monoisotopic (exact) mass is 386 g/mol. The Morgan fingerprint density at radius 3 is 2.42 bits per heavy atom. The van der Waals surface area contributed by atoms with Crippen LogP contribution < -0.4 is 10.5 Å². The lowest BCUT2D eigenvalue weighted by Crippen LogP contribution is -2.50. The normalized spacial score (nSPS) is 31.0. The van der Waals surface area contributed by atoms with Crippen LogP contribution in [0.2, 0.25) is 0 Å². The molecule has 3 fully saturated rings. The van der Waals surface area contributed by atoms with Crippen LogP contribution in [0.1, 0.15) is 32.1 Å². The maximum atomic E-state index is 13.7. The van der Waals surface area contributed by atoms with E-state index in [1.54, 1.807) is 0 Å². The Labute approximate surface area is 158 Å². The van der Waals surface area contributed by atoms with E-state index in [9.17, 15) is 13.6 Å². The zero-order valence-electron chi connectivity index (χ0n) is 14.6. The molecular weight excluding hydrogens is 362 g/mol. The molecule has 1 saturated heterocycles. The number of nitrogens with two attached hydrogens (primary N) is 1. The predicted molar refractivity (Wildman–Crippen MR) is 96.1 cm³/mol. The number of halogens is 3. The highest BCUT2D eigenvalue weighted by molar-refractivity contribution is 5.85. The second-order valence-electron chi connectivity index (χ2n) is 7.65. The van der Waals surface area contributed by atoms with Crippen LogP contribution in [-0.4, -0.2) is 36.0 Å². The van der Waals surface area contributed by atoms with Crippen LogP contribution in [-0.2, 0) is 4.79 Å². The van der Waals surface area contributed by atoms with Crippen molar-refractivity contribution in [1.82, 2.24) is 4.90 Å². The van der Waals surface area contributed by atoms with Gasteiger partial charge in [-0.1, -0.05) is 0 Å². The molecule has 1 aliphatic heterocycles. The number of fused-ring (bicyclic) bond motifs is 2. The SMILES string of the molecule is Cl.NC1C2CCC(C2)C1C(=O)N1CCC(Oc2ccc(F)cc2F)CC1. The van der Waals surface area contributed by atoms with Crippen LogP contribution in [0, 0.1) is 29.4 Å². The van der Waals surface area contributed by atoms with Gasteiger partial charge in [-0.3, -0.25) is 4.79 Å². The van der Waals surface area contributed by atoms with Gasteiger partial charge in [0.2, 0.25) is 5.91 Å². The fourth-order valence-corrected chi connectivity index (χ4v) is 4.86. The second kappa shape index (κ2) is 7.69. The van der Waals surface area contributed by atoms with Crippen LogP contribution in [0.25, 0.3) is 0 Å². The molecule has 0 spiro atoms. The average Bonchev–Trinajstić information content (AvgIpc) is 3.19. The van der Waals surface area contributed by atoms with Gasteiger partial charge in [0, 0.05) is 38.0 Å². The molecule has 4 nitrogen and oxygen atoms in total.